The lowest BCUT2D eigenvalue weighted by Crippen LogP contribution is -2.28. The van der Waals surface area contributed by atoms with E-state index in [0.717, 1.165) is 34.0 Å². The van der Waals surface area contributed by atoms with Crippen molar-refractivity contribution < 1.29 is 4.79 Å². The van der Waals surface area contributed by atoms with Crippen molar-refractivity contribution in [3.8, 4) is 11.3 Å². The maximum Gasteiger partial charge on any atom is 0.229 e. The lowest BCUT2D eigenvalue weighted by Gasteiger charge is -2.17. The van der Waals surface area contributed by atoms with Crippen LogP contribution in [0, 0.1) is 5.92 Å². The number of rotatable bonds is 4. The lowest BCUT2D eigenvalue weighted by atomic mass is 9.90. The van der Waals surface area contributed by atoms with Gasteiger partial charge in [-0.3, -0.25) is 13.9 Å². The van der Waals surface area contributed by atoms with Crippen molar-refractivity contribution in [1.29, 1.82) is 0 Å². The maximum atomic E-state index is 12.9. The lowest BCUT2D eigenvalue weighted by molar-refractivity contribution is -0.119. The summed E-state index contributed by atoms with van der Waals surface area (Å²) in [5.74, 6) is 0.0735. The zero-order valence-corrected chi connectivity index (χ0v) is 16.2. The summed E-state index contributed by atoms with van der Waals surface area (Å²) >= 11 is 1.61. The van der Waals surface area contributed by atoms with Gasteiger partial charge in [0.15, 0.2) is 4.96 Å². The van der Waals surface area contributed by atoms with Gasteiger partial charge in [0.2, 0.25) is 5.91 Å². The number of nitrogens with zero attached hydrogens (tertiary/aromatic N) is 4. The highest BCUT2D eigenvalue weighted by Gasteiger charge is 2.34. The van der Waals surface area contributed by atoms with Crippen molar-refractivity contribution >= 4 is 27.9 Å². The summed E-state index contributed by atoms with van der Waals surface area (Å²) in [5, 5.41) is 12.6. The monoisotopic (exact) mass is 392 g/mol. The predicted molar refractivity (Wildman–Crippen MR) is 109 cm³/mol. The molecule has 8 heteroatoms. The quantitative estimate of drug-likeness (QED) is 0.560. The minimum absolute atomic E-state index is 0.0362. The Balaban J connectivity index is 1.30. The molecule has 2 N–H and O–H groups in total. The highest BCUT2D eigenvalue weighted by molar-refractivity contribution is 7.15. The van der Waals surface area contributed by atoms with Crippen molar-refractivity contribution in [3.05, 3.63) is 60.0 Å². The van der Waals surface area contributed by atoms with Crippen LogP contribution in [-0.2, 0) is 11.8 Å². The van der Waals surface area contributed by atoms with E-state index in [4.69, 9.17) is 0 Å². The van der Waals surface area contributed by atoms with Gasteiger partial charge in [0, 0.05) is 61.3 Å². The van der Waals surface area contributed by atoms with Gasteiger partial charge in [0.1, 0.15) is 0 Å². The summed E-state index contributed by atoms with van der Waals surface area (Å²) < 4.78 is 3.79. The Hall–Kier alpha value is -2.97. The number of hydrogen-bond acceptors (Lipinski definition) is 5. The molecule has 1 aromatic carbocycles. The zero-order valence-electron chi connectivity index (χ0n) is 15.4. The number of aromatic nitrogens is 4. The summed E-state index contributed by atoms with van der Waals surface area (Å²) in [6.07, 6.45) is 7.85. The van der Waals surface area contributed by atoms with Crippen LogP contribution in [0.25, 0.3) is 16.2 Å². The molecule has 1 fully saturated rings. The molecule has 0 bridgehead atoms. The first-order valence-corrected chi connectivity index (χ1v) is 10.1. The number of hydrogen-bond donors (Lipinski definition) is 2. The summed E-state index contributed by atoms with van der Waals surface area (Å²) in [6, 6.07) is 7.85. The van der Waals surface area contributed by atoms with Crippen LogP contribution in [0.5, 0.6) is 0 Å². The molecule has 4 aromatic rings. The van der Waals surface area contributed by atoms with Crippen molar-refractivity contribution in [3.63, 3.8) is 0 Å². The number of amides is 1. The molecule has 0 spiro atoms. The Bertz CT molecular complexity index is 1100. The van der Waals surface area contributed by atoms with Crippen molar-refractivity contribution in [2.75, 3.05) is 18.4 Å². The van der Waals surface area contributed by atoms with Gasteiger partial charge in [-0.2, -0.15) is 5.10 Å². The molecule has 0 saturated carbocycles. The molecule has 0 aliphatic carbocycles. The Kier molecular flexibility index (Phi) is 4.22. The van der Waals surface area contributed by atoms with Gasteiger partial charge in [-0.25, -0.2) is 4.98 Å². The van der Waals surface area contributed by atoms with E-state index >= 15 is 0 Å². The molecule has 0 radical (unpaired) electrons. The van der Waals surface area contributed by atoms with E-state index in [0.29, 0.717) is 6.54 Å². The van der Waals surface area contributed by atoms with E-state index in [1.54, 1.807) is 16.0 Å². The van der Waals surface area contributed by atoms with Crippen LogP contribution >= 0.6 is 11.3 Å². The molecule has 7 nitrogen and oxygen atoms in total. The maximum absolute atomic E-state index is 12.9. The fourth-order valence-electron chi connectivity index (χ4n) is 3.76. The third-order valence-electron chi connectivity index (χ3n) is 5.25. The van der Waals surface area contributed by atoms with Gasteiger partial charge in [-0.05, 0) is 17.7 Å². The Labute approximate surface area is 166 Å². The molecule has 28 heavy (non-hydrogen) atoms. The number of imidazole rings is 1. The first-order valence-electron chi connectivity index (χ1n) is 9.20. The van der Waals surface area contributed by atoms with Crippen LogP contribution in [0.2, 0.25) is 0 Å². The molecule has 1 amide bonds. The van der Waals surface area contributed by atoms with Crippen LogP contribution in [0.4, 0.5) is 5.69 Å². The van der Waals surface area contributed by atoms with Crippen LogP contribution in [-0.4, -0.2) is 38.2 Å². The summed E-state index contributed by atoms with van der Waals surface area (Å²) in [4.78, 5) is 18.4. The number of carbonyl (C=O) groups excluding carboxylic acids is 1. The second-order valence-electron chi connectivity index (χ2n) is 7.10. The first-order chi connectivity index (χ1) is 13.7. The molecular weight excluding hydrogens is 372 g/mol. The van der Waals surface area contributed by atoms with E-state index in [9.17, 15) is 4.79 Å². The minimum atomic E-state index is -0.108. The number of thiazole rings is 1. The second kappa shape index (κ2) is 6.88. The number of fused-ring (bicyclic) bond motifs is 1. The molecule has 4 heterocycles. The number of anilines is 1. The van der Waals surface area contributed by atoms with Gasteiger partial charge < -0.3 is 10.6 Å². The zero-order chi connectivity index (χ0) is 19.1. The van der Waals surface area contributed by atoms with Gasteiger partial charge in [0.25, 0.3) is 0 Å². The normalized spacial score (nSPS) is 19.3. The largest absolute Gasteiger partial charge is 0.326 e. The second-order valence-corrected chi connectivity index (χ2v) is 7.98. The summed E-state index contributed by atoms with van der Waals surface area (Å²) in [5.41, 5.74) is 3.86. The van der Waals surface area contributed by atoms with Gasteiger partial charge in [0.05, 0.1) is 17.8 Å². The molecule has 0 unspecified atom stereocenters. The van der Waals surface area contributed by atoms with E-state index in [-0.39, 0.29) is 17.7 Å². The van der Waals surface area contributed by atoms with E-state index in [1.807, 2.05) is 65.9 Å². The van der Waals surface area contributed by atoms with Gasteiger partial charge in [-0.1, -0.05) is 12.1 Å². The van der Waals surface area contributed by atoms with Crippen LogP contribution in [0.15, 0.2) is 54.4 Å². The molecule has 1 aliphatic heterocycles. The SMILES string of the molecule is Cn1cc([C@H]2CNC[C@@H]2C(=O)Nc2ccc(-c3cn4ccsc4n3)cc2)cn1. The third kappa shape index (κ3) is 3.10. The molecule has 3 aromatic heterocycles. The van der Waals surface area contributed by atoms with Gasteiger partial charge >= 0.3 is 0 Å². The molecule has 2 atom stereocenters. The topological polar surface area (TPSA) is 76.2 Å². The van der Waals surface area contributed by atoms with Crippen molar-refractivity contribution in [2.45, 2.75) is 5.92 Å². The average molecular weight is 392 g/mol. The molecule has 5 rings (SSSR count). The first kappa shape index (κ1) is 17.2. The fraction of sp³-hybridized carbons (Fsp3) is 0.250. The Morgan fingerprint density at radius 1 is 1.25 bits per heavy atom. The van der Waals surface area contributed by atoms with E-state index in [2.05, 4.69) is 20.7 Å². The summed E-state index contributed by atoms with van der Waals surface area (Å²) in [7, 11) is 1.90. The van der Waals surface area contributed by atoms with Gasteiger partial charge in [-0.15, -0.1) is 11.3 Å². The predicted octanol–water partition coefficient (Wildman–Crippen LogP) is 2.74. The fourth-order valence-corrected chi connectivity index (χ4v) is 4.46. The van der Waals surface area contributed by atoms with E-state index < -0.39 is 0 Å². The molecule has 1 saturated heterocycles. The number of benzene rings is 1. The van der Waals surface area contributed by atoms with E-state index in [1.165, 1.54) is 0 Å². The van der Waals surface area contributed by atoms with Crippen molar-refractivity contribution in [2.24, 2.45) is 13.0 Å². The molecule has 142 valence electrons. The minimum Gasteiger partial charge on any atom is -0.326 e. The smallest absolute Gasteiger partial charge is 0.229 e. The Morgan fingerprint density at radius 2 is 2.11 bits per heavy atom. The average Bonchev–Trinajstić information content (AvgIpc) is 3.45. The highest BCUT2D eigenvalue weighted by atomic mass is 32.1. The van der Waals surface area contributed by atoms with Crippen LogP contribution in [0.3, 0.4) is 0 Å². The third-order valence-corrected chi connectivity index (χ3v) is 6.02. The highest BCUT2D eigenvalue weighted by Crippen LogP contribution is 2.29. The number of carbonyl (C=O) groups is 1. The standard InChI is InChI=1S/C20H20N6OS/c1-25-11-14(8-22-25)16-9-21-10-17(16)19(27)23-15-4-2-13(3-5-15)18-12-26-6-7-28-20(26)24-18/h2-8,11-12,16-17,21H,9-10H2,1H3,(H,23,27)/t16-,17+/m1/s1. The number of aryl methyl sites for hydroxylation is 1. The number of nitrogens with one attached hydrogen (secondary N) is 2. The molecular formula is C20H20N6OS. The van der Waals surface area contributed by atoms with Crippen LogP contribution < -0.4 is 10.6 Å². The Morgan fingerprint density at radius 3 is 2.86 bits per heavy atom. The van der Waals surface area contributed by atoms with Crippen molar-refractivity contribution in [1.82, 2.24) is 24.5 Å². The molecule has 1 aliphatic rings. The summed E-state index contributed by atoms with van der Waals surface area (Å²) in [6.45, 7) is 1.47. The van der Waals surface area contributed by atoms with Crippen LogP contribution in [0.1, 0.15) is 11.5 Å².